The number of aliphatic hydroxyl groups excluding tert-OH is 1. The van der Waals surface area contributed by atoms with Crippen LogP contribution in [0.15, 0.2) is 36.9 Å². The Balaban J connectivity index is 2.46. The van der Waals surface area contributed by atoms with E-state index in [2.05, 4.69) is 9.97 Å². The topological polar surface area (TPSA) is 46.0 Å². The molecule has 1 unspecified atom stereocenters. The van der Waals surface area contributed by atoms with Gasteiger partial charge in [0.25, 0.3) is 0 Å². The lowest BCUT2D eigenvalue weighted by molar-refractivity contribution is 0.208. The minimum absolute atomic E-state index is 0.242. The van der Waals surface area contributed by atoms with E-state index in [1.54, 1.807) is 0 Å². The molecule has 0 aliphatic heterocycles. The molecule has 0 aliphatic carbocycles. The molecule has 0 fully saturated rings. The lowest BCUT2D eigenvalue weighted by Crippen LogP contribution is -2.06. The first kappa shape index (κ1) is 10.6. The van der Waals surface area contributed by atoms with Gasteiger partial charge < -0.3 is 5.11 Å². The van der Waals surface area contributed by atoms with Crippen LogP contribution in [0.1, 0.15) is 17.2 Å². The predicted molar refractivity (Wildman–Crippen MR) is 52.5 cm³/mol. The monoisotopic (exact) mass is 222 g/mol. The van der Waals surface area contributed by atoms with Crippen LogP contribution in [0.25, 0.3) is 0 Å². The van der Waals surface area contributed by atoms with E-state index in [9.17, 15) is 13.9 Å². The molecule has 0 radical (unpaired) electrons. The third kappa shape index (κ3) is 1.90. The molecule has 0 spiro atoms. The molecular formula is C11H8F2N2O. The fourth-order valence-electron chi connectivity index (χ4n) is 1.39. The van der Waals surface area contributed by atoms with Gasteiger partial charge in [-0.25, -0.2) is 18.7 Å². The summed E-state index contributed by atoms with van der Waals surface area (Å²) in [5, 5.41) is 9.79. The lowest BCUT2D eigenvalue weighted by Gasteiger charge is -2.12. The van der Waals surface area contributed by atoms with Gasteiger partial charge in [-0.1, -0.05) is 6.07 Å². The van der Waals surface area contributed by atoms with Gasteiger partial charge in [0.1, 0.15) is 24.1 Å². The van der Waals surface area contributed by atoms with Gasteiger partial charge in [0.05, 0.1) is 5.56 Å². The Morgan fingerprint density at radius 2 is 1.62 bits per heavy atom. The molecule has 1 heterocycles. The van der Waals surface area contributed by atoms with Crippen LogP contribution < -0.4 is 0 Å². The Hall–Kier alpha value is -1.88. The number of hydrogen-bond acceptors (Lipinski definition) is 3. The van der Waals surface area contributed by atoms with Crippen molar-refractivity contribution in [1.82, 2.24) is 9.97 Å². The van der Waals surface area contributed by atoms with E-state index in [1.807, 2.05) is 0 Å². The van der Waals surface area contributed by atoms with Crippen molar-refractivity contribution in [2.45, 2.75) is 6.10 Å². The highest BCUT2D eigenvalue weighted by atomic mass is 19.1. The Labute approximate surface area is 90.4 Å². The average Bonchev–Trinajstić information content (AvgIpc) is 2.30. The molecule has 5 heteroatoms. The van der Waals surface area contributed by atoms with E-state index in [4.69, 9.17) is 0 Å². The molecule has 0 bridgehead atoms. The summed E-state index contributed by atoms with van der Waals surface area (Å²) in [5.41, 5.74) is -0.149. The first-order chi connectivity index (χ1) is 7.70. The van der Waals surface area contributed by atoms with Crippen LogP contribution in [-0.2, 0) is 0 Å². The number of rotatable bonds is 2. The molecule has 1 N–H and O–H groups in total. The molecule has 0 saturated carbocycles. The summed E-state index contributed by atoms with van der Waals surface area (Å²) in [6.07, 6.45) is 2.49. The maximum atomic E-state index is 13.3. The smallest absolute Gasteiger partial charge is 0.132 e. The first-order valence-electron chi connectivity index (χ1n) is 4.57. The number of aliphatic hydroxyl groups is 1. The summed E-state index contributed by atoms with van der Waals surface area (Å²) in [6, 6.07) is 3.42. The van der Waals surface area contributed by atoms with Gasteiger partial charge in [-0.2, -0.15) is 0 Å². The quantitative estimate of drug-likeness (QED) is 0.843. The van der Waals surface area contributed by atoms with Crippen molar-refractivity contribution in [3.8, 4) is 0 Å². The Morgan fingerprint density at radius 1 is 1.06 bits per heavy atom. The molecule has 3 nitrogen and oxygen atoms in total. The SMILES string of the molecule is OC(c1cncnc1)c1c(F)cccc1F. The van der Waals surface area contributed by atoms with Crippen molar-refractivity contribution in [3.05, 3.63) is 59.7 Å². The molecule has 1 atom stereocenters. The summed E-state index contributed by atoms with van der Waals surface area (Å²) >= 11 is 0. The molecule has 0 amide bonds. The summed E-state index contributed by atoms with van der Waals surface area (Å²) in [7, 11) is 0. The number of nitrogens with zero attached hydrogens (tertiary/aromatic N) is 2. The maximum absolute atomic E-state index is 13.3. The number of hydrogen-bond donors (Lipinski definition) is 1. The highest BCUT2D eigenvalue weighted by Crippen LogP contribution is 2.25. The van der Waals surface area contributed by atoms with E-state index >= 15 is 0 Å². The average molecular weight is 222 g/mol. The standard InChI is InChI=1S/C11H8F2N2O/c12-8-2-1-3-9(13)10(8)11(16)7-4-14-6-15-5-7/h1-6,11,16H. The highest BCUT2D eigenvalue weighted by Gasteiger charge is 2.19. The number of benzene rings is 1. The van der Waals surface area contributed by atoms with Gasteiger partial charge in [0.15, 0.2) is 0 Å². The van der Waals surface area contributed by atoms with Crippen LogP contribution in [0.2, 0.25) is 0 Å². The molecule has 1 aromatic carbocycles. The van der Waals surface area contributed by atoms with Crippen LogP contribution in [0.4, 0.5) is 8.78 Å². The van der Waals surface area contributed by atoms with E-state index in [0.717, 1.165) is 12.1 Å². The zero-order chi connectivity index (χ0) is 11.5. The van der Waals surface area contributed by atoms with E-state index < -0.39 is 23.3 Å². The summed E-state index contributed by atoms with van der Waals surface area (Å²) in [6.45, 7) is 0. The van der Waals surface area contributed by atoms with Crippen molar-refractivity contribution in [2.24, 2.45) is 0 Å². The van der Waals surface area contributed by atoms with Crippen LogP contribution in [0.3, 0.4) is 0 Å². The van der Waals surface area contributed by atoms with Crippen molar-refractivity contribution < 1.29 is 13.9 Å². The maximum Gasteiger partial charge on any atom is 0.132 e. The third-order valence-electron chi connectivity index (χ3n) is 2.17. The molecule has 82 valence electrons. The second kappa shape index (κ2) is 4.32. The summed E-state index contributed by atoms with van der Waals surface area (Å²) in [5.74, 6) is -1.59. The van der Waals surface area contributed by atoms with Crippen LogP contribution in [0.5, 0.6) is 0 Å². The predicted octanol–water partition coefficient (Wildman–Crippen LogP) is 1.84. The summed E-state index contributed by atoms with van der Waals surface area (Å²) < 4.78 is 26.7. The summed E-state index contributed by atoms with van der Waals surface area (Å²) in [4.78, 5) is 7.35. The molecule has 0 saturated heterocycles. The van der Waals surface area contributed by atoms with Crippen LogP contribution >= 0.6 is 0 Å². The molecule has 2 aromatic rings. The molecular weight excluding hydrogens is 214 g/mol. The Bertz CT molecular complexity index is 470. The van der Waals surface area contributed by atoms with E-state index in [0.29, 0.717) is 0 Å². The number of halogens is 2. The molecule has 0 aliphatic rings. The fraction of sp³-hybridized carbons (Fsp3) is 0.0909. The Morgan fingerprint density at radius 3 is 2.19 bits per heavy atom. The number of aromatic nitrogens is 2. The fourth-order valence-corrected chi connectivity index (χ4v) is 1.39. The molecule has 2 rings (SSSR count). The largest absolute Gasteiger partial charge is 0.383 e. The zero-order valence-corrected chi connectivity index (χ0v) is 8.14. The van der Waals surface area contributed by atoms with E-state index in [-0.39, 0.29) is 5.56 Å². The van der Waals surface area contributed by atoms with Crippen molar-refractivity contribution in [3.63, 3.8) is 0 Å². The van der Waals surface area contributed by atoms with Gasteiger partial charge in [0.2, 0.25) is 0 Å². The van der Waals surface area contributed by atoms with Gasteiger partial charge in [-0.05, 0) is 12.1 Å². The second-order valence-corrected chi connectivity index (χ2v) is 3.21. The van der Waals surface area contributed by atoms with E-state index in [1.165, 1.54) is 24.8 Å². The zero-order valence-electron chi connectivity index (χ0n) is 8.14. The van der Waals surface area contributed by atoms with Crippen LogP contribution in [-0.4, -0.2) is 15.1 Å². The minimum atomic E-state index is -1.40. The second-order valence-electron chi connectivity index (χ2n) is 3.21. The highest BCUT2D eigenvalue weighted by molar-refractivity contribution is 5.29. The van der Waals surface area contributed by atoms with Crippen molar-refractivity contribution >= 4 is 0 Å². The lowest BCUT2D eigenvalue weighted by atomic mass is 10.0. The van der Waals surface area contributed by atoms with Gasteiger partial charge >= 0.3 is 0 Å². The van der Waals surface area contributed by atoms with Crippen molar-refractivity contribution in [1.29, 1.82) is 0 Å². The van der Waals surface area contributed by atoms with Gasteiger partial charge in [-0.15, -0.1) is 0 Å². The van der Waals surface area contributed by atoms with Gasteiger partial charge in [-0.3, -0.25) is 0 Å². The normalized spacial score (nSPS) is 12.4. The first-order valence-corrected chi connectivity index (χ1v) is 4.57. The Kier molecular flexibility index (Phi) is 2.87. The molecule has 1 aromatic heterocycles. The minimum Gasteiger partial charge on any atom is -0.383 e. The van der Waals surface area contributed by atoms with Gasteiger partial charge in [0, 0.05) is 18.0 Å². The molecule has 16 heavy (non-hydrogen) atoms. The van der Waals surface area contributed by atoms with Crippen LogP contribution in [0, 0.1) is 11.6 Å². The van der Waals surface area contributed by atoms with Crippen molar-refractivity contribution in [2.75, 3.05) is 0 Å². The third-order valence-corrected chi connectivity index (χ3v) is 2.17.